The van der Waals surface area contributed by atoms with Gasteiger partial charge in [0.05, 0.1) is 4.58 Å². The smallest absolute Gasteiger partial charge is 0.191 e. The van der Waals surface area contributed by atoms with Gasteiger partial charge in [-0.1, -0.05) is 27.7 Å². The molecule has 1 aliphatic heterocycles. The van der Waals surface area contributed by atoms with Gasteiger partial charge < -0.3 is 4.43 Å². The Morgan fingerprint density at radius 1 is 1.21 bits per heavy atom. The van der Waals surface area contributed by atoms with Crippen LogP contribution in [0.4, 0.5) is 0 Å². The molecular weight excluding hydrogens is 288 g/mol. The van der Waals surface area contributed by atoms with Crippen LogP contribution in [0.5, 0.6) is 0 Å². The van der Waals surface area contributed by atoms with Crippen LogP contribution in [0.15, 0.2) is 0 Å². The predicted molar refractivity (Wildman–Crippen MR) is 94.9 cm³/mol. The molecule has 1 fully saturated rings. The molecule has 0 aromatic heterocycles. The SMILES string of the molecule is C[C@@H](CCO[Si](C)(C)C(C)(C)C)CC1SCCCS1. The van der Waals surface area contributed by atoms with Crippen molar-refractivity contribution in [2.24, 2.45) is 5.92 Å². The van der Waals surface area contributed by atoms with Crippen LogP contribution >= 0.6 is 23.5 Å². The Kier molecular flexibility index (Phi) is 7.32. The summed E-state index contributed by atoms with van der Waals surface area (Å²) < 4.78 is 7.12. The van der Waals surface area contributed by atoms with Crippen LogP contribution in [-0.4, -0.2) is 31.0 Å². The van der Waals surface area contributed by atoms with Gasteiger partial charge in [-0.15, -0.1) is 23.5 Å². The first-order valence-electron chi connectivity index (χ1n) is 7.59. The van der Waals surface area contributed by atoms with Crippen molar-refractivity contribution in [1.82, 2.24) is 0 Å². The maximum absolute atomic E-state index is 6.28. The Hall–Kier alpha value is 0.877. The minimum atomic E-state index is -1.53. The van der Waals surface area contributed by atoms with E-state index in [9.17, 15) is 0 Å². The van der Waals surface area contributed by atoms with Crippen molar-refractivity contribution in [1.29, 1.82) is 0 Å². The summed E-state index contributed by atoms with van der Waals surface area (Å²) in [5.74, 6) is 3.53. The molecule has 1 aliphatic rings. The van der Waals surface area contributed by atoms with E-state index in [1.54, 1.807) is 0 Å². The van der Waals surface area contributed by atoms with Gasteiger partial charge in [0.15, 0.2) is 8.32 Å². The molecule has 114 valence electrons. The van der Waals surface area contributed by atoms with Gasteiger partial charge in [0.1, 0.15) is 0 Å². The first-order valence-corrected chi connectivity index (χ1v) is 12.6. The standard InChI is InChI=1S/C15H32OS2Si/c1-13(12-14-17-10-7-11-18-14)8-9-16-19(5,6)15(2,3)4/h13-14H,7-12H2,1-6H3/t13-/m0/s1. The summed E-state index contributed by atoms with van der Waals surface area (Å²) in [6.07, 6.45) is 3.98. The lowest BCUT2D eigenvalue weighted by molar-refractivity contribution is 0.258. The average Bonchev–Trinajstić information content (AvgIpc) is 2.28. The fourth-order valence-electron chi connectivity index (χ4n) is 1.85. The molecule has 0 saturated carbocycles. The first-order chi connectivity index (χ1) is 8.72. The molecule has 1 atom stereocenters. The van der Waals surface area contributed by atoms with Crippen molar-refractivity contribution in [3.63, 3.8) is 0 Å². The van der Waals surface area contributed by atoms with E-state index in [4.69, 9.17) is 4.43 Å². The fraction of sp³-hybridized carbons (Fsp3) is 1.00. The van der Waals surface area contributed by atoms with Crippen LogP contribution in [0, 0.1) is 5.92 Å². The second-order valence-corrected chi connectivity index (χ2v) is 15.0. The molecule has 1 saturated heterocycles. The maximum Gasteiger partial charge on any atom is 0.191 e. The summed E-state index contributed by atoms with van der Waals surface area (Å²) >= 11 is 4.33. The highest BCUT2D eigenvalue weighted by Gasteiger charge is 2.36. The summed E-state index contributed by atoms with van der Waals surface area (Å²) in [5, 5.41) is 0.339. The van der Waals surface area contributed by atoms with E-state index in [0.29, 0.717) is 5.04 Å². The van der Waals surface area contributed by atoms with Gasteiger partial charge in [-0.25, -0.2) is 0 Å². The first kappa shape index (κ1) is 17.9. The third-order valence-corrected chi connectivity index (χ3v) is 11.9. The zero-order valence-corrected chi connectivity index (χ0v) is 16.3. The molecule has 0 aromatic rings. The lowest BCUT2D eigenvalue weighted by atomic mass is 10.1. The highest BCUT2D eigenvalue weighted by atomic mass is 32.2. The van der Waals surface area contributed by atoms with Gasteiger partial charge in [-0.3, -0.25) is 0 Å². The maximum atomic E-state index is 6.28. The minimum Gasteiger partial charge on any atom is -0.417 e. The number of hydrogen-bond acceptors (Lipinski definition) is 3. The van der Waals surface area contributed by atoms with Crippen molar-refractivity contribution < 1.29 is 4.43 Å². The summed E-state index contributed by atoms with van der Waals surface area (Å²) in [5.41, 5.74) is 0. The number of thioether (sulfide) groups is 2. The van der Waals surface area contributed by atoms with E-state index in [1.807, 2.05) is 0 Å². The molecule has 1 heterocycles. The van der Waals surface area contributed by atoms with E-state index < -0.39 is 8.32 Å². The molecule has 0 radical (unpaired) electrons. The van der Waals surface area contributed by atoms with Crippen molar-refractivity contribution in [3.8, 4) is 0 Å². The molecule has 0 aliphatic carbocycles. The molecule has 0 N–H and O–H groups in total. The Morgan fingerprint density at radius 3 is 2.32 bits per heavy atom. The zero-order valence-electron chi connectivity index (χ0n) is 13.6. The summed E-state index contributed by atoms with van der Waals surface area (Å²) in [4.78, 5) is 0. The van der Waals surface area contributed by atoms with Crippen LogP contribution in [0.1, 0.15) is 47.0 Å². The van der Waals surface area contributed by atoms with Crippen LogP contribution in [0.25, 0.3) is 0 Å². The molecule has 19 heavy (non-hydrogen) atoms. The Labute approximate surface area is 130 Å². The van der Waals surface area contributed by atoms with Crippen LogP contribution in [-0.2, 0) is 4.43 Å². The molecule has 0 bridgehead atoms. The third kappa shape index (κ3) is 6.45. The minimum absolute atomic E-state index is 0.339. The molecule has 1 nitrogen and oxygen atoms in total. The zero-order chi connectivity index (χ0) is 14.5. The van der Waals surface area contributed by atoms with Gasteiger partial charge >= 0.3 is 0 Å². The monoisotopic (exact) mass is 320 g/mol. The van der Waals surface area contributed by atoms with Crippen LogP contribution in [0.2, 0.25) is 18.1 Å². The van der Waals surface area contributed by atoms with Crippen LogP contribution < -0.4 is 0 Å². The highest BCUT2D eigenvalue weighted by molar-refractivity contribution is 8.17. The lowest BCUT2D eigenvalue weighted by Crippen LogP contribution is -2.41. The fourth-order valence-corrected chi connectivity index (χ4v) is 6.13. The molecule has 1 rings (SSSR count). The van der Waals surface area contributed by atoms with E-state index in [2.05, 4.69) is 64.3 Å². The van der Waals surface area contributed by atoms with Crippen molar-refractivity contribution in [3.05, 3.63) is 0 Å². The topological polar surface area (TPSA) is 9.23 Å². The highest BCUT2D eigenvalue weighted by Crippen LogP contribution is 2.38. The van der Waals surface area contributed by atoms with Crippen molar-refractivity contribution in [2.75, 3.05) is 18.1 Å². The summed E-state index contributed by atoms with van der Waals surface area (Å²) in [6, 6.07) is 0. The summed E-state index contributed by atoms with van der Waals surface area (Å²) in [6.45, 7) is 15.0. The van der Waals surface area contributed by atoms with Crippen LogP contribution in [0.3, 0.4) is 0 Å². The molecule has 0 spiro atoms. The van der Waals surface area contributed by atoms with E-state index >= 15 is 0 Å². The van der Waals surface area contributed by atoms with Gasteiger partial charge in [0, 0.05) is 6.61 Å². The van der Waals surface area contributed by atoms with Crippen molar-refractivity contribution >= 4 is 31.8 Å². The lowest BCUT2D eigenvalue weighted by Gasteiger charge is -2.36. The quantitative estimate of drug-likeness (QED) is 0.588. The second-order valence-electron chi connectivity index (χ2n) is 7.26. The van der Waals surface area contributed by atoms with Crippen molar-refractivity contribution in [2.45, 2.75) is 69.7 Å². The predicted octanol–water partition coefficient (Wildman–Crippen LogP) is 5.62. The Morgan fingerprint density at radius 2 is 1.79 bits per heavy atom. The molecule has 0 amide bonds. The van der Waals surface area contributed by atoms with Gasteiger partial charge in [-0.2, -0.15) is 0 Å². The van der Waals surface area contributed by atoms with E-state index in [1.165, 1.54) is 30.8 Å². The Bertz CT molecular complexity index is 257. The third-order valence-electron chi connectivity index (χ3n) is 4.37. The second kappa shape index (κ2) is 7.76. The normalized spacial score (nSPS) is 20.5. The average molecular weight is 321 g/mol. The molecule has 4 heteroatoms. The number of rotatable bonds is 6. The van der Waals surface area contributed by atoms with Gasteiger partial charge in [-0.05, 0) is 54.8 Å². The molecular formula is C15H32OS2Si. The molecule has 0 unspecified atom stereocenters. The van der Waals surface area contributed by atoms with E-state index in [-0.39, 0.29) is 0 Å². The summed E-state index contributed by atoms with van der Waals surface area (Å²) in [7, 11) is -1.53. The van der Waals surface area contributed by atoms with E-state index in [0.717, 1.165) is 17.1 Å². The largest absolute Gasteiger partial charge is 0.417 e. The number of hydrogen-bond donors (Lipinski definition) is 0. The van der Waals surface area contributed by atoms with Gasteiger partial charge in [0.25, 0.3) is 0 Å². The Balaban J connectivity index is 2.21. The van der Waals surface area contributed by atoms with Gasteiger partial charge in [0.2, 0.25) is 0 Å². The molecule has 0 aromatic carbocycles.